The van der Waals surface area contributed by atoms with Crippen molar-refractivity contribution < 1.29 is 19.4 Å². The predicted molar refractivity (Wildman–Crippen MR) is 119 cm³/mol. The second kappa shape index (κ2) is 12.2. The van der Waals surface area contributed by atoms with Crippen LogP contribution in [0.15, 0.2) is 18.2 Å². The van der Waals surface area contributed by atoms with Crippen molar-refractivity contribution in [1.29, 1.82) is 0 Å². The number of hydrogen-bond donors (Lipinski definition) is 4. The van der Waals surface area contributed by atoms with Crippen molar-refractivity contribution in [2.75, 3.05) is 18.6 Å². The highest BCUT2D eigenvalue weighted by Gasteiger charge is 2.23. The van der Waals surface area contributed by atoms with Crippen molar-refractivity contribution >= 4 is 36.3 Å². The standard InChI is InChI=1S/C20H32N2O4S2/c1-12(2)15-6-5-14(26-9-7-17(21)13(3)27)11-16(15)19(23)22-18(20(24)25)8-10-28-4/h5-6,11-13,17-18,27H,7-10,21H2,1-4H3,(H,22,23)(H,24,25). The Bertz CT molecular complexity index is 653. The van der Waals surface area contributed by atoms with Gasteiger partial charge in [0, 0.05) is 16.9 Å². The molecular formula is C20H32N2O4S2. The zero-order valence-corrected chi connectivity index (χ0v) is 18.7. The van der Waals surface area contributed by atoms with Gasteiger partial charge in [0.15, 0.2) is 0 Å². The van der Waals surface area contributed by atoms with Crippen LogP contribution < -0.4 is 15.8 Å². The average Bonchev–Trinajstić information content (AvgIpc) is 2.64. The lowest BCUT2D eigenvalue weighted by Crippen LogP contribution is -2.41. The molecule has 4 N–H and O–H groups in total. The number of carbonyl (C=O) groups excluding carboxylic acids is 1. The van der Waals surface area contributed by atoms with Gasteiger partial charge in [0.05, 0.1) is 6.61 Å². The van der Waals surface area contributed by atoms with Crippen LogP contribution in [-0.4, -0.2) is 52.9 Å². The quantitative estimate of drug-likeness (QED) is 0.382. The lowest BCUT2D eigenvalue weighted by atomic mass is 9.96. The Kier molecular flexibility index (Phi) is 10.8. The molecule has 0 aliphatic heterocycles. The summed E-state index contributed by atoms with van der Waals surface area (Å²) in [6.45, 7) is 6.33. The molecule has 1 rings (SSSR count). The first-order valence-corrected chi connectivity index (χ1v) is 11.3. The fraction of sp³-hybridized carbons (Fsp3) is 0.600. The number of thiol groups is 1. The molecule has 1 amide bonds. The molecule has 0 spiro atoms. The minimum Gasteiger partial charge on any atom is -0.494 e. The Morgan fingerprint density at radius 2 is 1.96 bits per heavy atom. The number of nitrogens with one attached hydrogen (secondary N) is 1. The van der Waals surface area contributed by atoms with Crippen molar-refractivity contribution in [2.24, 2.45) is 5.73 Å². The second-order valence-electron chi connectivity index (χ2n) is 7.09. The largest absolute Gasteiger partial charge is 0.494 e. The molecule has 0 aliphatic carbocycles. The number of carboxylic acid groups (broad SMARTS) is 1. The molecule has 0 radical (unpaired) electrons. The van der Waals surface area contributed by atoms with E-state index in [4.69, 9.17) is 10.5 Å². The summed E-state index contributed by atoms with van der Waals surface area (Å²) in [6, 6.07) is 4.36. The van der Waals surface area contributed by atoms with Gasteiger partial charge in [-0.1, -0.05) is 26.8 Å². The number of nitrogens with two attached hydrogens (primary N) is 1. The molecule has 3 atom stereocenters. The van der Waals surface area contributed by atoms with E-state index in [0.29, 0.717) is 36.5 Å². The van der Waals surface area contributed by atoms with Crippen molar-refractivity contribution in [1.82, 2.24) is 5.32 Å². The van der Waals surface area contributed by atoms with Gasteiger partial charge in [0.1, 0.15) is 11.8 Å². The van der Waals surface area contributed by atoms with Crippen LogP contribution in [0.4, 0.5) is 0 Å². The van der Waals surface area contributed by atoms with E-state index < -0.39 is 17.9 Å². The predicted octanol–water partition coefficient (Wildman–Crippen LogP) is 3.16. The van der Waals surface area contributed by atoms with Crippen LogP contribution in [0.1, 0.15) is 55.5 Å². The zero-order valence-electron chi connectivity index (χ0n) is 17.0. The number of rotatable bonds is 12. The first-order chi connectivity index (χ1) is 13.2. The van der Waals surface area contributed by atoms with Crippen LogP contribution >= 0.6 is 24.4 Å². The Hall–Kier alpha value is -1.38. The molecule has 0 heterocycles. The lowest BCUT2D eigenvalue weighted by Gasteiger charge is -2.19. The van der Waals surface area contributed by atoms with E-state index in [-0.39, 0.29) is 17.2 Å². The third-order valence-electron chi connectivity index (χ3n) is 4.45. The van der Waals surface area contributed by atoms with Gasteiger partial charge in [-0.2, -0.15) is 24.4 Å². The molecule has 158 valence electrons. The molecule has 0 saturated heterocycles. The fourth-order valence-corrected chi connectivity index (χ4v) is 3.23. The van der Waals surface area contributed by atoms with E-state index in [9.17, 15) is 14.7 Å². The highest BCUT2D eigenvalue weighted by molar-refractivity contribution is 7.98. The summed E-state index contributed by atoms with van der Waals surface area (Å²) in [5, 5.41) is 12.1. The lowest BCUT2D eigenvalue weighted by molar-refractivity contribution is -0.139. The molecule has 28 heavy (non-hydrogen) atoms. The minimum absolute atomic E-state index is 0.0718. The van der Waals surface area contributed by atoms with Crippen LogP contribution in [0.3, 0.4) is 0 Å². The third-order valence-corrected chi connectivity index (χ3v) is 5.47. The first-order valence-electron chi connectivity index (χ1n) is 9.40. The van der Waals surface area contributed by atoms with E-state index in [1.165, 1.54) is 0 Å². The number of ether oxygens (including phenoxy) is 1. The Morgan fingerprint density at radius 1 is 1.29 bits per heavy atom. The molecule has 0 saturated carbocycles. The summed E-state index contributed by atoms with van der Waals surface area (Å²) in [6.07, 6.45) is 2.92. The number of amides is 1. The van der Waals surface area contributed by atoms with Gasteiger partial charge < -0.3 is 20.9 Å². The van der Waals surface area contributed by atoms with Crippen molar-refractivity contribution in [3.05, 3.63) is 29.3 Å². The monoisotopic (exact) mass is 428 g/mol. The van der Waals surface area contributed by atoms with E-state index in [0.717, 1.165) is 5.56 Å². The molecule has 3 unspecified atom stereocenters. The van der Waals surface area contributed by atoms with Crippen molar-refractivity contribution in [3.63, 3.8) is 0 Å². The molecule has 8 heteroatoms. The van der Waals surface area contributed by atoms with Crippen molar-refractivity contribution in [3.8, 4) is 5.75 Å². The Labute approximate surface area is 177 Å². The van der Waals surface area contributed by atoms with E-state index in [1.54, 1.807) is 17.8 Å². The topological polar surface area (TPSA) is 102 Å². The fourth-order valence-electron chi connectivity index (χ4n) is 2.61. The van der Waals surface area contributed by atoms with Gasteiger partial charge in [-0.3, -0.25) is 4.79 Å². The van der Waals surface area contributed by atoms with Gasteiger partial charge >= 0.3 is 5.97 Å². The normalized spacial score (nSPS) is 14.4. The van der Waals surface area contributed by atoms with E-state index >= 15 is 0 Å². The maximum atomic E-state index is 12.8. The molecule has 0 aliphatic rings. The minimum atomic E-state index is -1.03. The third kappa shape index (κ3) is 7.93. The molecule has 0 bridgehead atoms. The summed E-state index contributed by atoms with van der Waals surface area (Å²) < 4.78 is 5.76. The number of benzene rings is 1. The summed E-state index contributed by atoms with van der Waals surface area (Å²) >= 11 is 5.87. The summed E-state index contributed by atoms with van der Waals surface area (Å²) in [7, 11) is 0. The number of hydrogen-bond acceptors (Lipinski definition) is 6. The Balaban J connectivity index is 2.94. The van der Waals surface area contributed by atoms with Crippen LogP contribution in [0.2, 0.25) is 0 Å². The van der Waals surface area contributed by atoms with E-state index in [1.807, 2.05) is 39.2 Å². The van der Waals surface area contributed by atoms with Gasteiger partial charge in [-0.15, -0.1) is 0 Å². The van der Waals surface area contributed by atoms with Crippen LogP contribution in [0.5, 0.6) is 5.75 Å². The van der Waals surface area contributed by atoms with Crippen molar-refractivity contribution in [2.45, 2.75) is 56.9 Å². The molecule has 6 nitrogen and oxygen atoms in total. The second-order valence-corrected chi connectivity index (χ2v) is 8.89. The molecular weight excluding hydrogens is 396 g/mol. The summed E-state index contributed by atoms with van der Waals surface area (Å²) in [5.74, 6) is -0.104. The highest BCUT2D eigenvalue weighted by Crippen LogP contribution is 2.25. The van der Waals surface area contributed by atoms with Gasteiger partial charge in [-0.05, 0) is 48.5 Å². The van der Waals surface area contributed by atoms with Gasteiger partial charge in [-0.25, -0.2) is 4.79 Å². The summed E-state index contributed by atoms with van der Waals surface area (Å²) in [5.41, 5.74) is 7.25. The Morgan fingerprint density at radius 3 is 2.50 bits per heavy atom. The number of carbonyl (C=O) groups is 2. The molecule has 1 aromatic carbocycles. The molecule has 0 aromatic heterocycles. The number of thioether (sulfide) groups is 1. The number of aliphatic carboxylic acids is 1. The molecule has 1 aromatic rings. The first kappa shape index (κ1) is 24.7. The maximum Gasteiger partial charge on any atom is 0.326 e. The smallest absolute Gasteiger partial charge is 0.326 e. The van der Waals surface area contributed by atoms with Gasteiger partial charge in [0.25, 0.3) is 5.91 Å². The van der Waals surface area contributed by atoms with Crippen LogP contribution in [-0.2, 0) is 4.79 Å². The van der Waals surface area contributed by atoms with Gasteiger partial charge in [0.2, 0.25) is 0 Å². The maximum absolute atomic E-state index is 12.8. The summed E-state index contributed by atoms with van der Waals surface area (Å²) in [4.78, 5) is 24.3. The zero-order chi connectivity index (χ0) is 21.3. The number of carboxylic acids is 1. The average molecular weight is 429 g/mol. The molecule has 0 fully saturated rings. The van der Waals surface area contributed by atoms with Crippen LogP contribution in [0.25, 0.3) is 0 Å². The van der Waals surface area contributed by atoms with Crippen LogP contribution in [0, 0.1) is 0 Å². The highest BCUT2D eigenvalue weighted by atomic mass is 32.2. The van der Waals surface area contributed by atoms with E-state index in [2.05, 4.69) is 17.9 Å². The SMILES string of the molecule is CSCCC(NC(=O)c1cc(OCCC(N)C(C)S)ccc1C(C)C)C(=O)O.